The summed E-state index contributed by atoms with van der Waals surface area (Å²) in [4.78, 5) is 0. The van der Waals surface area contributed by atoms with E-state index in [0.29, 0.717) is 5.92 Å². The predicted molar refractivity (Wildman–Crippen MR) is 87.3 cm³/mol. The first kappa shape index (κ1) is 14.8. The number of nitrogens with one attached hydrogen (secondary N) is 1. The number of rotatable bonds is 6. The van der Waals surface area contributed by atoms with Crippen LogP contribution in [-0.4, -0.2) is 13.1 Å². The van der Waals surface area contributed by atoms with Crippen LogP contribution in [0.5, 0.6) is 0 Å². The predicted octanol–water partition coefficient (Wildman–Crippen LogP) is 4.24. The van der Waals surface area contributed by atoms with Gasteiger partial charge in [-0.3, -0.25) is 0 Å². The summed E-state index contributed by atoms with van der Waals surface area (Å²) in [7, 11) is 0. The van der Waals surface area contributed by atoms with Crippen LogP contribution >= 0.6 is 0 Å². The van der Waals surface area contributed by atoms with Crippen molar-refractivity contribution in [2.24, 2.45) is 0 Å². The fourth-order valence-electron chi connectivity index (χ4n) is 2.64. The van der Waals surface area contributed by atoms with Crippen LogP contribution in [0.25, 0.3) is 0 Å². The van der Waals surface area contributed by atoms with Crippen molar-refractivity contribution in [3.05, 3.63) is 70.8 Å². The molecule has 0 fully saturated rings. The van der Waals surface area contributed by atoms with Crippen LogP contribution in [0.2, 0.25) is 0 Å². The minimum atomic E-state index is 0.539. The second-order valence-corrected chi connectivity index (χ2v) is 5.55. The maximum Gasteiger partial charge on any atom is 0.00232 e. The molecule has 0 saturated carbocycles. The van der Waals surface area contributed by atoms with E-state index in [-0.39, 0.29) is 0 Å². The molecule has 0 bridgehead atoms. The van der Waals surface area contributed by atoms with Crippen molar-refractivity contribution in [3.8, 4) is 0 Å². The van der Waals surface area contributed by atoms with Crippen molar-refractivity contribution in [1.29, 1.82) is 0 Å². The molecule has 1 N–H and O–H groups in total. The van der Waals surface area contributed by atoms with E-state index < -0.39 is 0 Å². The molecular formula is C19H25N. The lowest BCUT2D eigenvalue weighted by molar-refractivity contribution is 0.594. The molecule has 2 rings (SSSR count). The van der Waals surface area contributed by atoms with Crippen molar-refractivity contribution < 1.29 is 0 Å². The van der Waals surface area contributed by atoms with Crippen molar-refractivity contribution in [2.45, 2.75) is 33.1 Å². The molecule has 0 aliphatic heterocycles. The summed E-state index contributed by atoms with van der Waals surface area (Å²) in [5.74, 6) is 0.539. The molecular weight excluding hydrogens is 242 g/mol. The first-order valence-electron chi connectivity index (χ1n) is 7.52. The molecule has 1 heteroatoms. The Kier molecular flexibility index (Phi) is 5.37. The van der Waals surface area contributed by atoms with E-state index in [9.17, 15) is 0 Å². The smallest absolute Gasteiger partial charge is 0.00232 e. The Hall–Kier alpha value is -1.60. The molecule has 2 aromatic carbocycles. The number of benzene rings is 2. The maximum absolute atomic E-state index is 3.50. The first-order chi connectivity index (χ1) is 9.70. The highest BCUT2D eigenvalue weighted by molar-refractivity contribution is 5.33. The standard InChI is InChI=1S/C19H25N/c1-4-20-14-19(17-8-6-5-7-9-17)13-18-12-15(2)10-11-16(18)3/h5-12,19-20H,4,13-14H2,1-3H3. The third-order valence-corrected chi connectivity index (χ3v) is 3.88. The number of hydrogen-bond donors (Lipinski definition) is 1. The first-order valence-corrected chi connectivity index (χ1v) is 7.52. The van der Waals surface area contributed by atoms with Gasteiger partial charge in [-0.05, 0) is 43.5 Å². The minimum Gasteiger partial charge on any atom is -0.316 e. The van der Waals surface area contributed by atoms with Crippen LogP contribution < -0.4 is 5.32 Å². The zero-order valence-corrected chi connectivity index (χ0v) is 12.8. The molecule has 0 aliphatic carbocycles. The molecule has 0 spiro atoms. The van der Waals surface area contributed by atoms with E-state index in [0.717, 1.165) is 19.5 Å². The molecule has 106 valence electrons. The van der Waals surface area contributed by atoms with E-state index in [1.54, 1.807) is 0 Å². The lowest BCUT2D eigenvalue weighted by Crippen LogP contribution is -2.23. The number of hydrogen-bond acceptors (Lipinski definition) is 1. The Morgan fingerprint density at radius 3 is 2.45 bits per heavy atom. The van der Waals surface area contributed by atoms with Gasteiger partial charge in [0, 0.05) is 12.5 Å². The molecule has 0 heterocycles. The molecule has 0 amide bonds. The maximum atomic E-state index is 3.50. The highest BCUT2D eigenvalue weighted by atomic mass is 14.8. The van der Waals surface area contributed by atoms with Gasteiger partial charge >= 0.3 is 0 Å². The molecule has 1 nitrogen and oxygen atoms in total. The van der Waals surface area contributed by atoms with Crippen molar-refractivity contribution in [1.82, 2.24) is 5.32 Å². The molecule has 2 aromatic rings. The monoisotopic (exact) mass is 267 g/mol. The summed E-state index contributed by atoms with van der Waals surface area (Å²) >= 11 is 0. The fourth-order valence-corrected chi connectivity index (χ4v) is 2.64. The zero-order valence-electron chi connectivity index (χ0n) is 12.8. The van der Waals surface area contributed by atoms with Gasteiger partial charge in [0.15, 0.2) is 0 Å². The molecule has 0 radical (unpaired) electrons. The van der Waals surface area contributed by atoms with Gasteiger partial charge in [0.1, 0.15) is 0 Å². The average Bonchev–Trinajstić information content (AvgIpc) is 2.48. The Morgan fingerprint density at radius 2 is 1.75 bits per heavy atom. The normalized spacial score (nSPS) is 12.3. The largest absolute Gasteiger partial charge is 0.316 e. The van der Waals surface area contributed by atoms with Gasteiger partial charge in [0.2, 0.25) is 0 Å². The topological polar surface area (TPSA) is 12.0 Å². The quantitative estimate of drug-likeness (QED) is 0.825. The van der Waals surface area contributed by atoms with Crippen LogP contribution in [-0.2, 0) is 6.42 Å². The molecule has 1 unspecified atom stereocenters. The van der Waals surface area contributed by atoms with Crippen LogP contribution in [0.3, 0.4) is 0 Å². The molecule has 1 atom stereocenters. The van der Waals surface area contributed by atoms with Crippen molar-refractivity contribution >= 4 is 0 Å². The Labute approximate surface area is 123 Å². The van der Waals surface area contributed by atoms with Gasteiger partial charge in [-0.25, -0.2) is 0 Å². The third kappa shape index (κ3) is 3.94. The highest BCUT2D eigenvalue weighted by Crippen LogP contribution is 2.23. The lowest BCUT2D eigenvalue weighted by atomic mass is 9.89. The van der Waals surface area contributed by atoms with E-state index in [2.05, 4.69) is 74.6 Å². The van der Waals surface area contributed by atoms with Crippen LogP contribution in [0.1, 0.15) is 35.1 Å². The van der Waals surface area contributed by atoms with Gasteiger partial charge < -0.3 is 5.32 Å². The second-order valence-electron chi connectivity index (χ2n) is 5.55. The Balaban J connectivity index is 2.21. The van der Waals surface area contributed by atoms with Gasteiger partial charge in [0.05, 0.1) is 0 Å². The zero-order chi connectivity index (χ0) is 14.4. The highest BCUT2D eigenvalue weighted by Gasteiger charge is 2.13. The van der Waals surface area contributed by atoms with E-state index >= 15 is 0 Å². The average molecular weight is 267 g/mol. The van der Waals surface area contributed by atoms with Crippen LogP contribution in [0, 0.1) is 13.8 Å². The summed E-state index contributed by atoms with van der Waals surface area (Å²) in [5, 5.41) is 3.50. The van der Waals surface area contributed by atoms with Gasteiger partial charge in [-0.15, -0.1) is 0 Å². The molecule has 0 saturated heterocycles. The minimum absolute atomic E-state index is 0.539. The summed E-state index contributed by atoms with van der Waals surface area (Å²) in [5.41, 5.74) is 5.64. The third-order valence-electron chi connectivity index (χ3n) is 3.88. The molecule has 0 aromatic heterocycles. The Bertz CT molecular complexity index is 531. The van der Waals surface area contributed by atoms with E-state index in [1.807, 2.05) is 0 Å². The van der Waals surface area contributed by atoms with Crippen molar-refractivity contribution in [3.63, 3.8) is 0 Å². The number of likely N-dealkylation sites (N-methyl/N-ethyl adjacent to an activating group) is 1. The number of aryl methyl sites for hydroxylation is 2. The van der Waals surface area contributed by atoms with E-state index in [1.165, 1.54) is 22.3 Å². The summed E-state index contributed by atoms with van der Waals surface area (Å²) < 4.78 is 0. The van der Waals surface area contributed by atoms with Crippen LogP contribution in [0.4, 0.5) is 0 Å². The SMILES string of the molecule is CCNCC(Cc1cc(C)ccc1C)c1ccccc1. The molecule has 20 heavy (non-hydrogen) atoms. The van der Waals surface area contributed by atoms with E-state index in [4.69, 9.17) is 0 Å². The summed E-state index contributed by atoms with van der Waals surface area (Å²) in [6.45, 7) is 8.61. The van der Waals surface area contributed by atoms with Gasteiger partial charge in [-0.1, -0.05) is 61.0 Å². The molecule has 0 aliphatic rings. The van der Waals surface area contributed by atoms with Gasteiger partial charge in [0.25, 0.3) is 0 Å². The fraction of sp³-hybridized carbons (Fsp3) is 0.368. The van der Waals surface area contributed by atoms with Gasteiger partial charge in [-0.2, -0.15) is 0 Å². The Morgan fingerprint density at radius 1 is 1.00 bits per heavy atom. The second kappa shape index (κ2) is 7.25. The lowest BCUT2D eigenvalue weighted by Gasteiger charge is -2.19. The summed E-state index contributed by atoms with van der Waals surface area (Å²) in [6, 6.07) is 17.6. The van der Waals surface area contributed by atoms with Crippen LogP contribution in [0.15, 0.2) is 48.5 Å². The van der Waals surface area contributed by atoms with Crippen molar-refractivity contribution in [2.75, 3.05) is 13.1 Å². The summed E-state index contributed by atoms with van der Waals surface area (Å²) in [6.07, 6.45) is 1.10.